The summed E-state index contributed by atoms with van der Waals surface area (Å²) in [6.07, 6.45) is 3.84. The highest BCUT2D eigenvalue weighted by Crippen LogP contribution is 2.50. The number of carboxylic acid groups (broad SMARTS) is 1. The number of hydrogen-bond acceptors (Lipinski definition) is 9. The number of anilines is 2. The van der Waals surface area contributed by atoms with Crippen LogP contribution in [0, 0.1) is 11.6 Å². The topological polar surface area (TPSA) is 136 Å². The first kappa shape index (κ1) is 27.5. The summed E-state index contributed by atoms with van der Waals surface area (Å²) < 4.78 is 31.8. The van der Waals surface area contributed by atoms with E-state index in [-0.39, 0.29) is 35.6 Å². The highest BCUT2D eigenvalue weighted by atomic mass is 19.2. The van der Waals surface area contributed by atoms with E-state index in [1.165, 1.54) is 23.1 Å². The van der Waals surface area contributed by atoms with Gasteiger partial charge in [0.25, 0.3) is 0 Å². The number of rotatable bonds is 6. The molecule has 2 aliphatic rings. The number of β-amino-alcohol motifs (C(OH)–C–C–N with tert-alkyl or cyclic N) is 1. The molecular weight excluding hydrogens is 548 g/mol. The number of carbonyl (C=O) groups is 1. The predicted molar refractivity (Wildman–Crippen MR) is 155 cm³/mol. The van der Waals surface area contributed by atoms with Gasteiger partial charge in [0, 0.05) is 86.2 Å². The number of fused-ring (bicyclic) bond motifs is 4. The molecule has 1 aliphatic heterocycles. The minimum atomic E-state index is -1.38. The lowest BCUT2D eigenvalue weighted by atomic mass is 9.97. The van der Waals surface area contributed by atoms with Gasteiger partial charge >= 0.3 is 5.97 Å². The van der Waals surface area contributed by atoms with Crippen LogP contribution in [-0.2, 0) is 6.42 Å². The van der Waals surface area contributed by atoms with Crippen molar-refractivity contribution in [2.75, 3.05) is 56.9 Å². The Kier molecular flexibility index (Phi) is 6.58. The molecule has 0 radical (unpaired) electrons. The highest BCUT2D eigenvalue weighted by Gasteiger charge is 2.39. The number of carboxylic acids is 1. The molecule has 1 saturated heterocycles. The van der Waals surface area contributed by atoms with Gasteiger partial charge in [-0.1, -0.05) is 0 Å². The summed E-state index contributed by atoms with van der Waals surface area (Å²) in [5.41, 5.74) is 5.38. The fourth-order valence-corrected chi connectivity index (χ4v) is 6.11. The zero-order chi connectivity index (χ0) is 30.0. The number of benzene rings is 1. The van der Waals surface area contributed by atoms with Crippen LogP contribution in [0.2, 0.25) is 0 Å². The van der Waals surface area contributed by atoms with Crippen molar-refractivity contribution < 1.29 is 23.8 Å². The Balaban J connectivity index is 1.65. The molecule has 0 spiro atoms. The quantitative estimate of drug-likeness (QED) is 0.238. The number of aromatic carboxylic acids is 1. The van der Waals surface area contributed by atoms with Crippen molar-refractivity contribution in [2.24, 2.45) is 0 Å². The maximum absolute atomic E-state index is 15.6. The van der Waals surface area contributed by atoms with E-state index < -0.39 is 34.7 Å². The fourth-order valence-electron chi connectivity index (χ4n) is 6.11. The van der Waals surface area contributed by atoms with Gasteiger partial charge in [0.15, 0.2) is 17.3 Å². The van der Waals surface area contributed by atoms with Gasteiger partial charge in [0.05, 0.1) is 28.9 Å². The van der Waals surface area contributed by atoms with Gasteiger partial charge in [-0.05, 0) is 25.7 Å². The number of aliphatic hydroxyl groups is 1. The van der Waals surface area contributed by atoms with Crippen molar-refractivity contribution in [3.05, 3.63) is 69.4 Å². The van der Waals surface area contributed by atoms with E-state index in [1.54, 1.807) is 20.3 Å². The second-order valence-electron chi connectivity index (χ2n) is 10.7. The largest absolute Gasteiger partial charge is 0.477 e. The second-order valence-corrected chi connectivity index (χ2v) is 10.7. The maximum atomic E-state index is 15.6. The van der Waals surface area contributed by atoms with E-state index in [0.717, 1.165) is 6.07 Å². The summed E-state index contributed by atoms with van der Waals surface area (Å²) in [5.74, 6) is -3.38. The second kappa shape index (κ2) is 10.0. The molecule has 0 amide bonds. The molecule has 13 heteroatoms. The SMILES string of the molecule is CNc1cc(F)c(F)c2c1Cc1ncc(-c3cnc4c(c3)c(=O)c(C(=O)O)cn4NC)c(N3C[C@@H](O)[C@@H](N(C)C)C3)c1-2. The Bertz CT molecular complexity index is 1840. The smallest absolute Gasteiger partial charge is 0.341 e. The van der Waals surface area contributed by atoms with Crippen LogP contribution < -0.4 is 21.1 Å². The molecule has 2 atom stereocenters. The minimum Gasteiger partial charge on any atom is -0.477 e. The number of pyridine rings is 3. The van der Waals surface area contributed by atoms with Crippen LogP contribution in [0.1, 0.15) is 21.6 Å². The number of aromatic nitrogens is 3. The standard InChI is InChI=1S/C29H29F2N7O4/c1-32-19-7-18(30)25(31)23-14(19)6-20-24(23)26(37-11-21(36(3)4)22(39)12-37)16(9-34-20)13-5-15-27(40)17(29(41)42)10-38(33-2)28(15)35-8-13/h5,7-10,21-22,32-33,39H,6,11-12H2,1-4H3,(H,41,42)/t21-,22+/m0/s1. The van der Waals surface area contributed by atoms with Crippen LogP contribution in [-0.4, -0.2) is 89.2 Å². The third-order valence-corrected chi connectivity index (χ3v) is 8.18. The van der Waals surface area contributed by atoms with Crippen LogP contribution in [0.3, 0.4) is 0 Å². The molecule has 1 fully saturated rings. The molecule has 11 nitrogen and oxygen atoms in total. The van der Waals surface area contributed by atoms with Gasteiger partial charge in [0.1, 0.15) is 5.56 Å². The van der Waals surface area contributed by atoms with E-state index in [9.17, 15) is 24.2 Å². The normalized spacial score (nSPS) is 17.6. The highest BCUT2D eigenvalue weighted by molar-refractivity contribution is 5.98. The fraction of sp³-hybridized carbons (Fsp3) is 0.310. The monoisotopic (exact) mass is 577 g/mol. The van der Waals surface area contributed by atoms with Crippen molar-refractivity contribution in [1.29, 1.82) is 0 Å². The Morgan fingerprint density at radius 2 is 1.88 bits per heavy atom. The summed E-state index contributed by atoms with van der Waals surface area (Å²) in [6, 6.07) is 2.43. The van der Waals surface area contributed by atoms with Gasteiger partial charge in [-0.15, -0.1) is 0 Å². The lowest BCUT2D eigenvalue weighted by Crippen LogP contribution is -2.38. The maximum Gasteiger partial charge on any atom is 0.341 e. The van der Waals surface area contributed by atoms with E-state index >= 15 is 4.39 Å². The molecule has 218 valence electrons. The number of likely N-dealkylation sites (N-methyl/N-ethyl adjacent to an activating group) is 1. The summed E-state index contributed by atoms with van der Waals surface area (Å²) in [7, 11) is 6.92. The molecule has 0 bridgehead atoms. The predicted octanol–water partition coefficient (Wildman–Crippen LogP) is 2.33. The first-order valence-electron chi connectivity index (χ1n) is 13.3. The summed E-state index contributed by atoms with van der Waals surface area (Å²) in [6.45, 7) is 0.605. The number of halogens is 2. The molecule has 4 N–H and O–H groups in total. The van der Waals surface area contributed by atoms with Crippen molar-refractivity contribution in [2.45, 2.75) is 18.6 Å². The Hall–Kier alpha value is -4.62. The molecule has 0 saturated carbocycles. The average Bonchev–Trinajstić information content (AvgIpc) is 3.55. The van der Waals surface area contributed by atoms with Crippen molar-refractivity contribution in [1.82, 2.24) is 19.5 Å². The Morgan fingerprint density at radius 3 is 2.52 bits per heavy atom. The van der Waals surface area contributed by atoms with Crippen molar-refractivity contribution in [3.8, 4) is 22.3 Å². The summed E-state index contributed by atoms with van der Waals surface area (Å²) in [4.78, 5) is 38.0. The molecule has 0 unspecified atom stereocenters. The number of hydrogen-bond donors (Lipinski definition) is 4. The summed E-state index contributed by atoms with van der Waals surface area (Å²) >= 11 is 0. The van der Waals surface area contributed by atoms with Gasteiger partial charge in [0.2, 0.25) is 5.43 Å². The van der Waals surface area contributed by atoms with Gasteiger partial charge in [-0.2, -0.15) is 0 Å². The number of nitrogens with zero attached hydrogens (tertiary/aromatic N) is 5. The molecule has 42 heavy (non-hydrogen) atoms. The van der Waals surface area contributed by atoms with Crippen LogP contribution >= 0.6 is 0 Å². The zero-order valence-electron chi connectivity index (χ0n) is 23.4. The van der Waals surface area contributed by atoms with E-state index in [4.69, 9.17) is 0 Å². The van der Waals surface area contributed by atoms with Crippen LogP contribution in [0.5, 0.6) is 0 Å². The van der Waals surface area contributed by atoms with E-state index in [1.807, 2.05) is 23.9 Å². The Labute approximate surface area is 239 Å². The summed E-state index contributed by atoms with van der Waals surface area (Å²) in [5, 5.41) is 23.6. The molecule has 3 aromatic heterocycles. The first-order valence-corrected chi connectivity index (χ1v) is 13.3. The van der Waals surface area contributed by atoms with Gasteiger partial charge < -0.3 is 30.8 Å². The lowest BCUT2D eigenvalue weighted by Gasteiger charge is -2.26. The molecular formula is C29H29F2N7O4. The molecule has 6 rings (SSSR count). The molecule has 1 aromatic carbocycles. The third kappa shape index (κ3) is 4.07. The number of nitrogens with one attached hydrogen (secondary N) is 2. The third-order valence-electron chi connectivity index (χ3n) is 8.18. The van der Waals surface area contributed by atoms with Crippen LogP contribution in [0.4, 0.5) is 20.2 Å². The van der Waals surface area contributed by atoms with Crippen LogP contribution in [0.15, 0.2) is 35.5 Å². The van der Waals surface area contributed by atoms with Crippen molar-refractivity contribution >= 4 is 28.4 Å². The minimum absolute atomic E-state index is 0.0518. The zero-order valence-corrected chi connectivity index (χ0v) is 23.4. The lowest BCUT2D eigenvalue weighted by molar-refractivity contribution is 0.0695. The van der Waals surface area contributed by atoms with E-state index in [2.05, 4.69) is 20.7 Å². The first-order chi connectivity index (χ1) is 20.0. The van der Waals surface area contributed by atoms with Gasteiger partial charge in [-0.25, -0.2) is 23.2 Å². The molecule has 4 heterocycles. The molecule has 4 aromatic rings. The van der Waals surface area contributed by atoms with Crippen molar-refractivity contribution in [3.63, 3.8) is 0 Å². The Morgan fingerprint density at radius 1 is 1.12 bits per heavy atom. The average molecular weight is 578 g/mol. The van der Waals surface area contributed by atoms with Gasteiger partial charge in [-0.3, -0.25) is 9.78 Å². The van der Waals surface area contributed by atoms with Crippen LogP contribution in [0.25, 0.3) is 33.3 Å². The van der Waals surface area contributed by atoms with E-state index in [0.29, 0.717) is 45.9 Å². The number of aliphatic hydroxyl groups excluding tert-OH is 1. The molecule has 1 aliphatic carbocycles.